The van der Waals surface area contributed by atoms with Crippen LogP contribution in [0.5, 0.6) is 0 Å². The van der Waals surface area contributed by atoms with E-state index < -0.39 is 10.0 Å². The maximum absolute atomic E-state index is 12.3. The number of carbonyl (C=O) groups excluding carboxylic acids is 1. The molecule has 24 heavy (non-hydrogen) atoms. The molecule has 2 rings (SSSR count). The minimum atomic E-state index is -3.49. The van der Waals surface area contributed by atoms with E-state index in [2.05, 4.69) is 32.6 Å². The zero-order valence-corrected chi connectivity index (χ0v) is 16.4. The molecule has 0 atom stereocenters. The quantitative estimate of drug-likeness (QED) is 0.651. The third-order valence-corrected chi connectivity index (χ3v) is 6.04. The van der Waals surface area contributed by atoms with Gasteiger partial charge in [-0.05, 0) is 77.9 Å². The van der Waals surface area contributed by atoms with Gasteiger partial charge in [0.15, 0.2) is 0 Å². The summed E-state index contributed by atoms with van der Waals surface area (Å²) in [6.07, 6.45) is 0.725. The monoisotopic (exact) mass is 458 g/mol. The molecule has 0 aliphatic heterocycles. The predicted octanol–water partition coefficient (Wildman–Crippen LogP) is 3.54. The second-order valence-electron chi connectivity index (χ2n) is 5.34. The number of hydrogen-bond donors (Lipinski definition) is 2. The van der Waals surface area contributed by atoms with E-state index in [1.165, 1.54) is 12.1 Å². The zero-order chi connectivity index (χ0) is 17.7. The average Bonchev–Trinajstić information content (AvgIpc) is 2.56. The van der Waals surface area contributed by atoms with Gasteiger partial charge in [0.25, 0.3) is 5.91 Å². The molecule has 0 bridgehead atoms. The molecule has 0 unspecified atom stereocenters. The van der Waals surface area contributed by atoms with Crippen molar-refractivity contribution in [3.63, 3.8) is 0 Å². The molecule has 0 heterocycles. The van der Waals surface area contributed by atoms with Gasteiger partial charge in [0.2, 0.25) is 10.0 Å². The summed E-state index contributed by atoms with van der Waals surface area (Å²) in [5.41, 5.74) is 2.22. The lowest BCUT2D eigenvalue weighted by molar-refractivity contribution is 0.102. The Hall–Kier alpha value is -1.45. The highest BCUT2D eigenvalue weighted by molar-refractivity contribution is 14.1. The summed E-state index contributed by atoms with van der Waals surface area (Å²) < 4.78 is 27.6. The third kappa shape index (κ3) is 4.78. The number of anilines is 1. The number of carbonyl (C=O) groups is 1. The summed E-state index contributed by atoms with van der Waals surface area (Å²) in [7, 11) is -3.49. The molecule has 2 N–H and O–H groups in total. The van der Waals surface area contributed by atoms with E-state index in [0.717, 1.165) is 15.6 Å². The van der Waals surface area contributed by atoms with Crippen LogP contribution in [0.2, 0.25) is 0 Å². The first-order chi connectivity index (χ1) is 11.3. The van der Waals surface area contributed by atoms with Crippen molar-refractivity contribution in [3.8, 4) is 0 Å². The molecule has 5 nitrogen and oxygen atoms in total. The molecule has 0 fully saturated rings. The van der Waals surface area contributed by atoms with E-state index in [9.17, 15) is 13.2 Å². The van der Waals surface area contributed by atoms with Gasteiger partial charge in [0.05, 0.1) is 4.90 Å². The molecule has 0 aliphatic carbocycles. The smallest absolute Gasteiger partial charge is 0.255 e. The van der Waals surface area contributed by atoms with Crippen molar-refractivity contribution >= 4 is 44.2 Å². The second-order valence-corrected chi connectivity index (χ2v) is 8.27. The van der Waals surface area contributed by atoms with Crippen LogP contribution in [0.4, 0.5) is 5.69 Å². The van der Waals surface area contributed by atoms with Gasteiger partial charge in [0, 0.05) is 21.4 Å². The molecule has 0 aliphatic rings. The molecule has 2 aromatic rings. The van der Waals surface area contributed by atoms with Gasteiger partial charge in [-0.3, -0.25) is 4.79 Å². The summed E-state index contributed by atoms with van der Waals surface area (Å²) in [6, 6.07) is 11.6. The Morgan fingerprint density at radius 2 is 1.79 bits per heavy atom. The van der Waals surface area contributed by atoms with Crippen LogP contribution >= 0.6 is 22.6 Å². The van der Waals surface area contributed by atoms with Crippen molar-refractivity contribution in [1.82, 2.24) is 4.72 Å². The molecule has 0 saturated heterocycles. The first-order valence-corrected chi connectivity index (χ1v) is 10.1. The van der Waals surface area contributed by atoms with Crippen LogP contribution in [0, 0.1) is 10.5 Å². The van der Waals surface area contributed by atoms with Crippen molar-refractivity contribution in [3.05, 3.63) is 57.2 Å². The van der Waals surface area contributed by atoms with Gasteiger partial charge >= 0.3 is 0 Å². The topological polar surface area (TPSA) is 75.3 Å². The average molecular weight is 458 g/mol. The summed E-state index contributed by atoms with van der Waals surface area (Å²) >= 11 is 2.18. The van der Waals surface area contributed by atoms with Crippen LogP contribution < -0.4 is 10.0 Å². The van der Waals surface area contributed by atoms with Gasteiger partial charge in [-0.15, -0.1) is 0 Å². The van der Waals surface area contributed by atoms with Crippen molar-refractivity contribution in [1.29, 1.82) is 0 Å². The minimum absolute atomic E-state index is 0.179. The fourth-order valence-electron chi connectivity index (χ4n) is 1.97. The van der Waals surface area contributed by atoms with Crippen LogP contribution in [0.15, 0.2) is 47.4 Å². The lowest BCUT2D eigenvalue weighted by Crippen LogP contribution is -2.24. The van der Waals surface area contributed by atoms with Crippen molar-refractivity contribution in [2.24, 2.45) is 0 Å². The molecule has 0 spiro atoms. The SMILES string of the molecule is CCCNS(=O)(=O)c1ccc(NC(=O)c2ccc(C)c(I)c2)cc1. The molecule has 0 saturated carbocycles. The Bertz CT molecular complexity index is 833. The number of halogens is 1. The minimum Gasteiger partial charge on any atom is -0.322 e. The van der Waals surface area contributed by atoms with Crippen molar-refractivity contribution in [2.75, 3.05) is 11.9 Å². The highest BCUT2D eigenvalue weighted by Crippen LogP contribution is 2.17. The maximum Gasteiger partial charge on any atom is 0.255 e. The number of benzene rings is 2. The van der Waals surface area contributed by atoms with Crippen molar-refractivity contribution < 1.29 is 13.2 Å². The highest BCUT2D eigenvalue weighted by Gasteiger charge is 2.13. The number of aryl methyl sites for hydroxylation is 1. The number of sulfonamides is 1. The maximum atomic E-state index is 12.3. The van der Waals surface area contributed by atoms with E-state index in [0.29, 0.717) is 17.8 Å². The van der Waals surface area contributed by atoms with E-state index in [1.54, 1.807) is 18.2 Å². The molecule has 128 valence electrons. The normalized spacial score (nSPS) is 11.3. The second kappa shape index (κ2) is 8.09. The summed E-state index contributed by atoms with van der Waals surface area (Å²) in [4.78, 5) is 12.4. The predicted molar refractivity (Wildman–Crippen MR) is 104 cm³/mol. The molecule has 7 heteroatoms. The van der Waals surface area contributed by atoms with E-state index in [1.807, 2.05) is 26.0 Å². The Morgan fingerprint density at radius 3 is 2.38 bits per heavy atom. The fraction of sp³-hybridized carbons (Fsp3) is 0.235. The Morgan fingerprint density at radius 1 is 1.12 bits per heavy atom. The molecule has 0 aromatic heterocycles. The largest absolute Gasteiger partial charge is 0.322 e. The van der Waals surface area contributed by atoms with E-state index in [-0.39, 0.29) is 10.8 Å². The first-order valence-electron chi connectivity index (χ1n) is 7.50. The van der Waals surface area contributed by atoms with Gasteiger partial charge < -0.3 is 5.32 Å². The first kappa shape index (κ1) is 18.9. The lowest BCUT2D eigenvalue weighted by atomic mass is 10.1. The molecule has 2 aromatic carbocycles. The summed E-state index contributed by atoms with van der Waals surface area (Å²) in [5.74, 6) is -0.229. The zero-order valence-electron chi connectivity index (χ0n) is 13.5. The van der Waals surface area contributed by atoms with E-state index >= 15 is 0 Å². The standard InChI is InChI=1S/C17H19IN2O3S/c1-3-10-19-24(22,23)15-8-6-14(7-9-15)20-17(21)13-5-4-12(2)16(18)11-13/h4-9,11,19H,3,10H2,1-2H3,(H,20,21). The molecular weight excluding hydrogens is 439 g/mol. The van der Waals surface area contributed by atoms with Gasteiger partial charge in [-0.1, -0.05) is 13.0 Å². The van der Waals surface area contributed by atoms with Gasteiger partial charge in [0.1, 0.15) is 0 Å². The van der Waals surface area contributed by atoms with Gasteiger partial charge in [-0.25, -0.2) is 13.1 Å². The van der Waals surface area contributed by atoms with Crippen LogP contribution in [0.3, 0.4) is 0 Å². The van der Waals surface area contributed by atoms with Crippen LogP contribution in [0.25, 0.3) is 0 Å². The number of nitrogens with one attached hydrogen (secondary N) is 2. The van der Waals surface area contributed by atoms with E-state index in [4.69, 9.17) is 0 Å². The molecular formula is C17H19IN2O3S. The van der Waals surface area contributed by atoms with Gasteiger partial charge in [-0.2, -0.15) is 0 Å². The van der Waals surface area contributed by atoms with Crippen LogP contribution in [0.1, 0.15) is 29.3 Å². The Labute approximate surface area is 156 Å². The fourth-order valence-corrected chi connectivity index (χ4v) is 3.62. The highest BCUT2D eigenvalue weighted by atomic mass is 127. The number of rotatable bonds is 6. The lowest BCUT2D eigenvalue weighted by Gasteiger charge is -2.09. The summed E-state index contributed by atoms with van der Waals surface area (Å²) in [5, 5.41) is 2.77. The number of amides is 1. The van der Waals surface area contributed by atoms with Crippen molar-refractivity contribution in [2.45, 2.75) is 25.2 Å². The third-order valence-electron chi connectivity index (χ3n) is 3.40. The Balaban J connectivity index is 2.11. The van der Waals surface area contributed by atoms with Crippen LogP contribution in [-0.2, 0) is 10.0 Å². The summed E-state index contributed by atoms with van der Waals surface area (Å²) in [6.45, 7) is 4.27. The molecule has 0 radical (unpaired) electrons. The molecule has 1 amide bonds. The number of hydrogen-bond acceptors (Lipinski definition) is 3. The Kier molecular flexibility index (Phi) is 6.36. The van der Waals surface area contributed by atoms with Crippen LogP contribution in [-0.4, -0.2) is 20.9 Å².